The Morgan fingerprint density at radius 3 is 3.06 bits per heavy atom. The van der Waals surface area contributed by atoms with Crippen LogP contribution in [0.15, 0.2) is 24.4 Å². The second-order valence-corrected chi connectivity index (χ2v) is 4.45. The maximum Gasteiger partial charge on any atom is 0.132 e. The molecule has 3 heteroatoms. The summed E-state index contributed by atoms with van der Waals surface area (Å²) in [4.78, 5) is 3.16. The van der Waals surface area contributed by atoms with E-state index in [0.29, 0.717) is 5.92 Å². The smallest absolute Gasteiger partial charge is 0.132 e. The molecular formula is C13H15FN2. The van der Waals surface area contributed by atoms with Gasteiger partial charge in [0.2, 0.25) is 0 Å². The monoisotopic (exact) mass is 218 g/mol. The maximum atomic E-state index is 13.8. The molecule has 0 spiro atoms. The minimum atomic E-state index is -0.112. The number of piperidine rings is 1. The van der Waals surface area contributed by atoms with Gasteiger partial charge >= 0.3 is 0 Å². The average Bonchev–Trinajstić information content (AvgIpc) is 2.75. The van der Waals surface area contributed by atoms with Gasteiger partial charge in [-0.05, 0) is 43.0 Å². The fourth-order valence-corrected chi connectivity index (χ4v) is 2.60. The van der Waals surface area contributed by atoms with Gasteiger partial charge in [-0.15, -0.1) is 0 Å². The zero-order valence-electron chi connectivity index (χ0n) is 9.09. The molecule has 0 unspecified atom stereocenters. The number of H-pyrrole nitrogens is 1. The molecule has 1 saturated heterocycles. The Morgan fingerprint density at radius 1 is 1.31 bits per heavy atom. The van der Waals surface area contributed by atoms with Crippen LogP contribution in [0.5, 0.6) is 0 Å². The van der Waals surface area contributed by atoms with E-state index in [-0.39, 0.29) is 5.82 Å². The molecule has 0 bridgehead atoms. The highest BCUT2D eigenvalue weighted by Crippen LogP contribution is 2.31. The summed E-state index contributed by atoms with van der Waals surface area (Å²) >= 11 is 0. The Bertz CT molecular complexity index is 498. The largest absolute Gasteiger partial charge is 0.361 e. The SMILES string of the molecule is Fc1cccc2[nH]cc([C@H]3CCCNC3)c12. The van der Waals surface area contributed by atoms with Gasteiger partial charge in [0, 0.05) is 23.6 Å². The first-order valence-electron chi connectivity index (χ1n) is 5.82. The molecule has 2 aromatic rings. The number of aromatic nitrogens is 1. The van der Waals surface area contributed by atoms with E-state index < -0.39 is 0 Å². The van der Waals surface area contributed by atoms with Crippen molar-refractivity contribution in [3.05, 3.63) is 35.8 Å². The third-order valence-corrected chi connectivity index (χ3v) is 3.42. The lowest BCUT2D eigenvalue weighted by atomic mass is 9.91. The molecule has 2 N–H and O–H groups in total. The molecule has 0 radical (unpaired) electrons. The summed E-state index contributed by atoms with van der Waals surface area (Å²) < 4.78 is 13.8. The van der Waals surface area contributed by atoms with Crippen molar-refractivity contribution in [3.8, 4) is 0 Å². The number of hydrogen-bond acceptors (Lipinski definition) is 1. The Kier molecular flexibility index (Phi) is 2.40. The van der Waals surface area contributed by atoms with E-state index in [4.69, 9.17) is 0 Å². The quantitative estimate of drug-likeness (QED) is 0.756. The second kappa shape index (κ2) is 3.91. The van der Waals surface area contributed by atoms with Gasteiger partial charge in [0.25, 0.3) is 0 Å². The summed E-state index contributed by atoms with van der Waals surface area (Å²) in [5, 5.41) is 4.15. The highest BCUT2D eigenvalue weighted by atomic mass is 19.1. The Balaban J connectivity index is 2.09. The molecule has 3 rings (SSSR count). The number of nitrogens with one attached hydrogen (secondary N) is 2. The summed E-state index contributed by atoms with van der Waals surface area (Å²) in [6, 6.07) is 5.21. The van der Waals surface area contributed by atoms with Crippen molar-refractivity contribution in [1.82, 2.24) is 10.3 Å². The number of aromatic amines is 1. The molecule has 1 aromatic carbocycles. The standard InChI is InChI=1S/C13H15FN2/c14-11-4-1-5-12-13(11)10(8-16-12)9-3-2-6-15-7-9/h1,4-5,8-9,15-16H,2-3,6-7H2/t9-/m0/s1. The summed E-state index contributed by atoms with van der Waals surface area (Å²) in [5.41, 5.74) is 2.03. The van der Waals surface area contributed by atoms with Crippen molar-refractivity contribution in [1.29, 1.82) is 0 Å². The van der Waals surface area contributed by atoms with E-state index in [1.807, 2.05) is 12.3 Å². The van der Waals surface area contributed by atoms with Crippen molar-refractivity contribution in [2.45, 2.75) is 18.8 Å². The number of hydrogen-bond donors (Lipinski definition) is 2. The van der Waals surface area contributed by atoms with Crippen LogP contribution < -0.4 is 5.32 Å². The second-order valence-electron chi connectivity index (χ2n) is 4.45. The zero-order valence-corrected chi connectivity index (χ0v) is 9.09. The maximum absolute atomic E-state index is 13.8. The van der Waals surface area contributed by atoms with E-state index in [1.54, 1.807) is 6.07 Å². The van der Waals surface area contributed by atoms with Crippen LogP contribution in [0.25, 0.3) is 10.9 Å². The summed E-state index contributed by atoms with van der Waals surface area (Å²) in [6.07, 6.45) is 4.28. The number of fused-ring (bicyclic) bond motifs is 1. The van der Waals surface area contributed by atoms with Gasteiger partial charge in [-0.3, -0.25) is 0 Å². The molecule has 2 nitrogen and oxygen atoms in total. The Morgan fingerprint density at radius 2 is 2.25 bits per heavy atom. The molecule has 0 aliphatic carbocycles. The molecule has 1 fully saturated rings. The molecule has 2 heterocycles. The van der Waals surface area contributed by atoms with Gasteiger partial charge in [0.15, 0.2) is 0 Å². The predicted molar refractivity (Wildman–Crippen MR) is 63.1 cm³/mol. The summed E-state index contributed by atoms with van der Waals surface area (Å²) in [7, 11) is 0. The molecule has 84 valence electrons. The lowest BCUT2D eigenvalue weighted by Crippen LogP contribution is -2.28. The molecule has 1 aliphatic rings. The van der Waals surface area contributed by atoms with E-state index >= 15 is 0 Å². The van der Waals surface area contributed by atoms with Gasteiger partial charge < -0.3 is 10.3 Å². The Labute approximate surface area is 93.9 Å². The van der Waals surface area contributed by atoms with Gasteiger partial charge in [0.05, 0.1) is 0 Å². The fraction of sp³-hybridized carbons (Fsp3) is 0.385. The predicted octanol–water partition coefficient (Wildman–Crippen LogP) is 2.77. The molecule has 0 amide bonds. The first-order valence-corrected chi connectivity index (χ1v) is 5.82. The van der Waals surface area contributed by atoms with Crippen molar-refractivity contribution in [2.75, 3.05) is 13.1 Å². The minimum Gasteiger partial charge on any atom is -0.361 e. The first kappa shape index (κ1) is 9.85. The topological polar surface area (TPSA) is 27.8 Å². The van der Waals surface area contributed by atoms with E-state index in [2.05, 4.69) is 10.3 Å². The normalized spacial score (nSPS) is 21.4. The average molecular weight is 218 g/mol. The van der Waals surface area contributed by atoms with Crippen LogP contribution in [0.2, 0.25) is 0 Å². The molecule has 1 atom stereocenters. The van der Waals surface area contributed by atoms with Crippen molar-refractivity contribution < 1.29 is 4.39 Å². The highest BCUT2D eigenvalue weighted by molar-refractivity contribution is 5.84. The fourth-order valence-electron chi connectivity index (χ4n) is 2.60. The first-order chi connectivity index (χ1) is 7.86. The molecule has 0 saturated carbocycles. The summed E-state index contributed by atoms with van der Waals surface area (Å²) in [5.74, 6) is 0.332. The van der Waals surface area contributed by atoms with E-state index in [1.165, 1.54) is 12.5 Å². The van der Waals surface area contributed by atoms with Gasteiger partial charge in [0.1, 0.15) is 5.82 Å². The third kappa shape index (κ3) is 1.52. The minimum absolute atomic E-state index is 0.112. The van der Waals surface area contributed by atoms with Gasteiger partial charge in [-0.1, -0.05) is 6.07 Å². The van der Waals surface area contributed by atoms with E-state index in [9.17, 15) is 4.39 Å². The molecular weight excluding hydrogens is 203 g/mol. The zero-order chi connectivity index (χ0) is 11.0. The van der Waals surface area contributed by atoms with Gasteiger partial charge in [-0.25, -0.2) is 4.39 Å². The Hall–Kier alpha value is -1.35. The lowest BCUT2D eigenvalue weighted by Gasteiger charge is -2.22. The third-order valence-electron chi connectivity index (χ3n) is 3.42. The van der Waals surface area contributed by atoms with Crippen LogP contribution in [0.1, 0.15) is 24.3 Å². The highest BCUT2D eigenvalue weighted by Gasteiger charge is 2.19. The van der Waals surface area contributed by atoms with Crippen LogP contribution >= 0.6 is 0 Å². The van der Waals surface area contributed by atoms with Crippen molar-refractivity contribution in [3.63, 3.8) is 0 Å². The van der Waals surface area contributed by atoms with Crippen molar-refractivity contribution in [2.24, 2.45) is 0 Å². The van der Waals surface area contributed by atoms with Crippen LogP contribution in [0, 0.1) is 5.82 Å². The lowest BCUT2D eigenvalue weighted by molar-refractivity contribution is 0.463. The van der Waals surface area contributed by atoms with Gasteiger partial charge in [-0.2, -0.15) is 0 Å². The van der Waals surface area contributed by atoms with Crippen molar-refractivity contribution >= 4 is 10.9 Å². The van der Waals surface area contributed by atoms with Crippen LogP contribution in [0.4, 0.5) is 4.39 Å². The molecule has 1 aliphatic heterocycles. The molecule has 16 heavy (non-hydrogen) atoms. The van der Waals surface area contributed by atoms with Crippen LogP contribution in [-0.2, 0) is 0 Å². The van der Waals surface area contributed by atoms with Crippen LogP contribution in [-0.4, -0.2) is 18.1 Å². The number of benzene rings is 1. The number of halogens is 1. The number of rotatable bonds is 1. The molecule has 1 aromatic heterocycles. The van der Waals surface area contributed by atoms with E-state index in [0.717, 1.165) is 36.0 Å². The van der Waals surface area contributed by atoms with Crippen LogP contribution in [0.3, 0.4) is 0 Å². The summed E-state index contributed by atoms with van der Waals surface area (Å²) in [6.45, 7) is 2.04.